The first-order valence-electron chi connectivity index (χ1n) is 5.65. The van der Waals surface area contributed by atoms with Crippen LogP contribution in [-0.4, -0.2) is 35.1 Å². The molecule has 0 aromatic heterocycles. The highest BCUT2D eigenvalue weighted by Crippen LogP contribution is 2.12. The molecule has 5 heteroatoms. The van der Waals surface area contributed by atoms with Crippen LogP contribution < -0.4 is 10.6 Å². The molecule has 0 radical (unpaired) electrons. The third kappa shape index (κ3) is 4.87. The van der Waals surface area contributed by atoms with Crippen LogP contribution in [0.2, 0.25) is 0 Å². The summed E-state index contributed by atoms with van der Waals surface area (Å²) < 4.78 is 0. The fourth-order valence-corrected chi connectivity index (χ4v) is 1.31. The minimum atomic E-state index is -0.994. The molecule has 0 saturated heterocycles. The van der Waals surface area contributed by atoms with Gasteiger partial charge in [0.2, 0.25) is 5.91 Å². The molecular weight excluding hydrogens is 220 g/mol. The smallest absolute Gasteiger partial charge is 0.320 e. The third-order valence-corrected chi connectivity index (χ3v) is 2.80. The Morgan fingerprint density at radius 3 is 2.29 bits per heavy atom. The molecular formula is C12H20N2O3. The van der Waals surface area contributed by atoms with Crippen molar-refractivity contribution < 1.29 is 14.7 Å². The fraction of sp³-hybridized carbons (Fsp3) is 0.667. The number of terminal acetylenes is 1. The van der Waals surface area contributed by atoms with Gasteiger partial charge in [0, 0.05) is 0 Å². The molecule has 0 aromatic carbocycles. The first-order valence-corrected chi connectivity index (χ1v) is 5.65. The van der Waals surface area contributed by atoms with Gasteiger partial charge in [0.05, 0.1) is 6.54 Å². The number of nitrogens with one attached hydrogen (secondary N) is 2. The van der Waals surface area contributed by atoms with Crippen LogP contribution in [0.4, 0.5) is 0 Å². The zero-order valence-electron chi connectivity index (χ0n) is 10.5. The van der Waals surface area contributed by atoms with Gasteiger partial charge < -0.3 is 10.4 Å². The van der Waals surface area contributed by atoms with E-state index in [2.05, 4.69) is 16.6 Å². The average molecular weight is 240 g/mol. The normalized spacial score (nSPS) is 12.6. The van der Waals surface area contributed by atoms with Crippen molar-refractivity contribution in [1.29, 1.82) is 0 Å². The van der Waals surface area contributed by atoms with Gasteiger partial charge in [-0.05, 0) is 19.8 Å². The molecule has 0 rings (SSSR count). The Morgan fingerprint density at radius 1 is 1.41 bits per heavy atom. The summed E-state index contributed by atoms with van der Waals surface area (Å²) in [6.45, 7) is 5.22. The van der Waals surface area contributed by atoms with Gasteiger partial charge in [-0.15, -0.1) is 6.42 Å². The van der Waals surface area contributed by atoms with E-state index >= 15 is 0 Å². The topological polar surface area (TPSA) is 78.4 Å². The minimum Gasteiger partial charge on any atom is -0.480 e. The maximum Gasteiger partial charge on any atom is 0.320 e. The molecule has 0 unspecified atom stereocenters. The lowest BCUT2D eigenvalue weighted by Gasteiger charge is -2.27. The van der Waals surface area contributed by atoms with Crippen LogP contribution in [0.15, 0.2) is 0 Å². The van der Waals surface area contributed by atoms with Crippen molar-refractivity contribution in [1.82, 2.24) is 10.6 Å². The van der Waals surface area contributed by atoms with E-state index in [-0.39, 0.29) is 12.5 Å². The van der Waals surface area contributed by atoms with Crippen LogP contribution in [0.25, 0.3) is 0 Å². The summed E-state index contributed by atoms with van der Waals surface area (Å²) in [4.78, 5) is 22.1. The van der Waals surface area contributed by atoms with E-state index in [1.807, 2.05) is 13.8 Å². The second-order valence-corrected chi connectivity index (χ2v) is 3.92. The van der Waals surface area contributed by atoms with E-state index in [0.29, 0.717) is 12.8 Å². The molecule has 5 nitrogen and oxygen atoms in total. The Balaban J connectivity index is 4.27. The number of rotatable bonds is 7. The Morgan fingerprint density at radius 2 is 1.94 bits per heavy atom. The van der Waals surface area contributed by atoms with Crippen LogP contribution in [0.5, 0.6) is 0 Å². The summed E-state index contributed by atoms with van der Waals surface area (Å²) in [7, 11) is 0. The van der Waals surface area contributed by atoms with Gasteiger partial charge in [0.1, 0.15) is 11.6 Å². The van der Waals surface area contributed by atoms with E-state index in [1.54, 1.807) is 0 Å². The number of hydrogen-bond acceptors (Lipinski definition) is 3. The van der Waals surface area contributed by atoms with Crippen molar-refractivity contribution in [3.05, 3.63) is 0 Å². The van der Waals surface area contributed by atoms with Crippen molar-refractivity contribution in [3.8, 4) is 12.3 Å². The summed E-state index contributed by atoms with van der Waals surface area (Å²) in [6.07, 6.45) is 6.68. The van der Waals surface area contributed by atoms with E-state index in [9.17, 15) is 9.59 Å². The maximum atomic E-state index is 11.6. The lowest BCUT2D eigenvalue weighted by Crippen LogP contribution is -2.50. The Hall–Kier alpha value is -1.54. The van der Waals surface area contributed by atoms with Crippen molar-refractivity contribution >= 4 is 11.9 Å². The van der Waals surface area contributed by atoms with Crippen molar-refractivity contribution in [2.24, 2.45) is 0 Å². The number of carbonyl (C=O) groups excluding carboxylic acids is 1. The zero-order valence-corrected chi connectivity index (χ0v) is 10.5. The van der Waals surface area contributed by atoms with Gasteiger partial charge in [-0.2, -0.15) is 0 Å². The van der Waals surface area contributed by atoms with Gasteiger partial charge in [0.15, 0.2) is 0 Å². The SMILES string of the molecule is C#CC(CC)(CC)NC(=O)CN[C@H](C)C(=O)O. The molecule has 0 aromatic rings. The lowest BCUT2D eigenvalue weighted by molar-refractivity contribution is -0.139. The van der Waals surface area contributed by atoms with Gasteiger partial charge in [0.25, 0.3) is 0 Å². The monoisotopic (exact) mass is 240 g/mol. The van der Waals surface area contributed by atoms with Gasteiger partial charge >= 0.3 is 5.97 Å². The molecule has 1 atom stereocenters. The van der Waals surface area contributed by atoms with Crippen LogP contribution in [0, 0.1) is 12.3 Å². The van der Waals surface area contributed by atoms with E-state index in [4.69, 9.17) is 11.5 Å². The summed E-state index contributed by atoms with van der Waals surface area (Å²) in [5.41, 5.74) is -0.634. The molecule has 1 amide bonds. The maximum absolute atomic E-state index is 11.6. The standard InChI is InChI=1S/C12H20N2O3/c1-5-12(6-2,7-3)14-10(15)8-13-9(4)11(16)17/h1,9,13H,6-8H2,2-4H3,(H,14,15)(H,16,17)/t9-/m1/s1. The summed E-state index contributed by atoms with van der Waals surface area (Å²) in [5, 5.41) is 14.0. The molecule has 3 N–H and O–H groups in total. The minimum absolute atomic E-state index is 0.0586. The molecule has 17 heavy (non-hydrogen) atoms. The van der Waals surface area contributed by atoms with Crippen LogP contribution in [-0.2, 0) is 9.59 Å². The number of aliphatic carboxylic acids is 1. The zero-order chi connectivity index (χ0) is 13.5. The third-order valence-electron chi connectivity index (χ3n) is 2.80. The molecule has 96 valence electrons. The molecule has 0 fully saturated rings. The Labute approximate surface area is 102 Å². The van der Waals surface area contributed by atoms with Crippen molar-refractivity contribution in [3.63, 3.8) is 0 Å². The molecule has 0 bridgehead atoms. The van der Waals surface area contributed by atoms with E-state index < -0.39 is 17.6 Å². The molecule has 0 aliphatic heterocycles. The van der Waals surface area contributed by atoms with E-state index in [0.717, 1.165) is 0 Å². The number of carboxylic acids is 1. The quantitative estimate of drug-likeness (QED) is 0.561. The number of amides is 1. The molecule has 0 heterocycles. The number of carbonyl (C=O) groups is 2. The second-order valence-electron chi connectivity index (χ2n) is 3.92. The Kier molecular flexibility index (Phi) is 6.29. The highest BCUT2D eigenvalue weighted by atomic mass is 16.4. The molecule has 0 aliphatic carbocycles. The molecule has 0 saturated carbocycles. The molecule has 0 spiro atoms. The van der Waals surface area contributed by atoms with Gasteiger partial charge in [-0.25, -0.2) is 0 Å². The predicted octanol–water partition coefficient (Wildman–Crippen LogP) is 0.357. The van der Waals surface area contributed by atoms with Crippen molar-refractivity contribution in [2.45, 2.75) is 45.2 Å². The predicted molar refractivity (Wildman–Crippen MR) is 65.4 cm³/mol. The van der Waals surface area contributed by atoms with Crippen LogP contribution in [0.1, 0.15) is 33.6 Å². The number of carboxylic acid groups (broad SMARTS) is 1. The lowest BCUT2D eigenvalue weighted by atomic mass is 9.94. The Bertz CT molecular complexity index is 316. The summed E-state index contributed by atoms with van der Waals surface area (Å²) in [6, 6.07) is -0.760. The summed E-state index contributed by atoms with van der Waals surface area (Å²) >= 11 is 0. The first kappa shape index (κ1) is 15.5. The first-order chi connectivity index (χ1) is 7.90. The highest BCUT2D eigenvalue weighted by molar-refractivity contribution is 5.80. The van der Waals surface area contributed by atoms with Gasteiger partial charge in [-0.1, -0.05) is 19.8 Å². The van der Waals surface area contributed by atoms with Gasteiger partial charge in [-0.3, -0.25) is 14.9 Å². The number of hydrogen-bond donors (Lipinski definition) is 3. The molecule has 0 aliphatic rings. The average Bonchev–Trinajstić information content (AvgIpc) is 2.33. The fourth-order valence-electron chi connectivity index (χ4n) is 1.31. The largest absolute Gasteiger partial charge is 0.480 e. The van der Waals surface area contributed by atoms with Crippen LogP contribution in [0.3, 0.4) is 0 Å². The van der Waals surface area contributed by atoms with Crippen LogP contribution >= 0.6 is 0 Å². The summed E-state index contributed by atoms with van der Waals surface area (Å²) in [5.74, 6) is 1.29. The van der Waals surface area contributed by atoms with E-state index in [1.165, 1.54) is 6.92 Å². The van der Waals surface area contributed by atoms with Crippen molar-refractivity contribution in [2.75, 3.05) is 6.54 Å². The highest BCUT2D eigenvalue weighted by Gasteiger charge is 2.25. The second kappa shape index (κ2) is 6.92.